The number of fused-ring (bicyclic) bond motifs is 2. The minimum Gasteiger partial charge on any atom is -0.496 e. The highest BCUT2D eigenvalue weighted by Crippen LogP contribution is 2.38. The fourth-order valence-electron chi connectivity index (χ4n) is 7.76. The Morgan fingerprint density at radius 2 is 1.72 bits per heavy atom. The zero-order chi connectivity index (χ0) is 40.2. The summed E-state index contributed by atoms with van der Waals surface area (Å²) in [4.78, 5) is 83.3. The molecule has 2 fully saturated rings. The van der Waals surface area contributed by atoms with Crippen LogP contribution in [-0.2, 0) is 32.7 Å². The van der Waals surface area contributed by atoms with Gasteiger partial charge in [0, 0.05) is 63.2 Å². The monoisotopic (exact) mass is 780 g/mol. The molecular formula is C41H44N6O10. The number of nitrogens with zero attached hydrogens (tertiary/aromatic N) is 4. The lowest BCUT2D eigenvalue weighted by molar-refractivity contribution is -0.136. The van der Waals surface area contributed by atoms with E-state index in [0.29, 0.717) is 30.0 Å². The van der Waals surface area contributed by atoms with Crippen LogP contribution in [0.3, 0.4) is 0 Å². The lowest BCUT2D eigenvalue weighted by atomic mass is 9.98. The van der Waals surface area contributed by atoms with Crippen molar-refractivity contribution in [3.8, 4) is 28.4 Å². The van der Waals surface area contributed by atoms with Gasteiger partial charge in [-0.2, -0.15) is 0 Å². The number of amides is 5. The van der Waals surface area contributed by atoms with Crippen molar-refractivity contribution in [1.29, 1.82) is 0 Å². The van der Waals surface area contributed by atoms with Gasteiger partial charge in [-0.15, -0.1) is 0 Å². The lowest BCUT2D eigenvalue weighted by Crippen LogP contribution is -2.54. The van der Waals surface area contributed by atoms with E-state index < -0.39 is 29.7 Å². The van der Waals surface area contributed by atoms with Gasteiger partial charge >= 0.3 is 0 Å². The summed E-state index contributed by atoms with van der Waals surface area (Å²) in [6.45, 7) is 2.35. The van der Waals surface area contributed by atoms with Gasteiger partial charge in [-0.1, -0.05) is 6.07 Å². The number of carbonyl (C=O) groups excluding carboxylic acids is 5. The van der Waals surface area contributed by atoms with E-state index in [1.54, 1.807) is 56.6 Å². The van der Waals surface area contributed by atoms with E-state index in [-0.39, 0.29) is 73.5 Å². The zero-order valence-electron chi connectivity index (χ0n) is 32.0. The van der Waals surface area contributed by atoms with E-state index in [2.05, 4.69) is 20.5 Å². The molecule has 57 heavy (non-hydrogen) atoms. The summed E-state index contributed by atoms with van der Waals surface area (Å²) in [5.74, 6) is -1.04. The third kappa shape index (κ3) is 8.09. The molecule has 16 heteroatoms. The maximum Gasteiger partial charge on any atom is 0.266 e. The number of likely N-dealkylation sites (tertiary alicyclic amines) is 1. The first kappa shape index (κ1) is 39.1. The number of aromatic nitrogens is 2. The number of pyridine rings is 2. The Balaban J connectivity index is 0.894. The molecule has 16 nitrogen and oxygen atoms in total. The lowest BCUT2D eigenvalue weighted by Gasteiger charge is -2.33. The van der Waals surface area contributed by atoms with Crippen LogP contribution >= 0.6 is 0 Å². The first-order chi connectivity index (χ1) is 27.6. The van der Waals surface area contributed by atoms with Crippen LogP contribution in [0, 0.1) is 0 Å². The molecule has 3 aliphatic heterocycles. The second-order valence-electron chi connectivity index (χ2n) is 14.2. The average molecular weight is 781 g/mol. The summed E-state index contributed by atoms with van der Waals surface area (Å²) in [6, 6.07) is 9.26. The molecular weight excluding hydrogens is 736 g/mol. The molecule has 0 spiro atoms. The highest BCUT2D eigenvalue weighted by Gasteiger charge is 2.46. The van der Waals surface area contributed by atoms with Crippen LogP contribution in [0.2, 0.25) is 0 Å². The summed E-state index contributed by atoms with van der Waals surface area (Å²) in [7, 11) is 4.95. The van der Waals surface area contributed by atoms with Gasteiger partial charge in [0.05, 0.1) is 49.5 Å². The van der Waals surface area contributed by atoms with Crippen molar-refractivity contribution >= 4 is 40.3 Å². The second-order valence-corrected chi connectivity index (χ2v) is 14.2. The van der Waals surface area contributed by atoms with Crippen LogP contribution in [0.1, 0.15) is 58.4 Å². The predicted octanol–water partition coefficient (Wildman–Crippen LogP) is 2.59. The van der Waals surface area contributed by atoms with Gasteiger partial charge in [0.15, 0.2) is 0 Å². The largest absolute Gasteiger partial charge is 0.496 e. The highest BCUT2D eigenvalue weighted by atomic mass is 16.5. The maximum absolute atomic E-state index is 13.3. The number of carbonyl (C=O) groups is 5. The Morgan fingerprint density at radius 1 is 0.930 bits per heavy atom. The fourth-order valence-corrected chi connectivity index (χ4v) is 7.76. The van der Waals surface area contributed by atoms with Gasteiger partial charge in [-0.3, -0.25) is 48.9 Å². The molecule has 5 heterocycles. The number of rotatable bonds is 14. The number of methoxy groups -OCH3 is 2. The molecule has 2 aromatic carbocycles. The van der Waals surface area contributed by atoms with E-state index in [1.807, 2.05) is 18.2 Å². The van der Waals surface area contributed by atoms with E-state index in [0.717, 1.165) is 46.4 Å². The molecule has 5 amide bonds. The van der Waals surface area contributed by atoms with Gasteiger partial charge in [0.25, 0.3) is 17.4 Å². The van der Waals surface area contributed by atoms with Crippen LogP contribution in [0.4, 0.5) is 0 Å². The summed E-state index contributed by atoms with van der Waals surface area (Å²) < 4.78 is 24.8. The number of piperidine rings is 2. The molecule has 2 N–H and O–H groups in total. The molecule has 2 unspecified atom stereocenters. The van der Waals surface area contributed by atoms with Crippen LogP contribution in [0.15, 0.2) is 59.8 Å². The number of benzene rings is 2. The van der Waals surface area contributed by atoms with Crippen LogP contribution in [-0.4, -0.2) is 108 Å². The van der Waals surface area contributed by atoms with Gasteiger partial charge in [0.1, 0.15) is 29.9 Å². The molecule has 298 valence electrons. The molecule has 0 saturated carbocycles. The summed E-state index contributed by atoms with van der Waals surface area (Å²) in [5.41, 5.74) is 2.63. The van der Waals surface area contributed by atoms with Crippen molar-refractivity contribution in [1.82, 2.24) is 30.0 Å². The number of ether oxygens (including phenoxy) is 4. The Labute approximate surface area is 328 Å². The third-order valence-electron chi connectivity index (χ3n) is 10.5. The van der Waals surface area contributed by atoms with Gasteiger partial charge in [-0.05, 0) is 67.1 Å². The Bertz CT molecular complexity index is 2280. The number of hydrogen-bond acceptors (Lipinski definition) is 12. The van der Waals surface area contributed by atoms with E-state index in [1.165, 1.54) is 6.07 Å². The summed E-state index contributed by atoms with van der Waals surface area (Å²) in [6.07, 6.45) is 7.01. The van der Waals surface area contributed by atoms with Crippen LogP contribution in [0.5, 0.6) is 17.2 Å². The first-order valence-electron chi connectivity index (χ1n) is 18.8. The second kappa shape index (κ2) is 16.9. The number of nitrogens with one attached hydrogen (secondary N) is 2. The molecule has 0 bridgehead atoms. The maximum atomic E-state index is 13.3. The SMILES string of the molecule is COc1cc(-c2cn(C)c(=O)c3cnccc23)cc(OC)c1CN1CCCC(NC(=O)CCOCCOc2cccc3c2C(=O)N(C2CCC(=O)NC2=O)C3=O)C1. The van der Waals surface area contributed by atoms with Gasteiger partial charge < -0.3 is 28.8 Å². The summed E-state index contributed by atoms with van der Waals surface area (Å²) in [5, 5.41) is 6.62. The first-order valence-corrected chi connectivity index (χ1v) is 18.8. The fraction of sp³-hybridized carbons (Fsp3) is 0.390. The predicted molar refractivity (Wildman–Crippen MR) is 206 cm³/mol. The van der Waals surface area contributed by atoms with Crippen molar-refractivity contribution in [3.63, 3.8) is 0 Å². The topological polar surface area (TPSA) is 188 Å². The Morgan fingerprint density at radius 3 is 2.47 bits per heavy atom. The highest BCUT2D eigenvalue weighted by molar-refractivity contribution is 6.24. The quantitative estimate of drug-likeness (QED) is 0.141. The molecule has 3 aliphatic rings. The number of aryl methyl sites for hydroxylation is 1. The zero-order valence-corrected chi connectivity index (χ0v) is 32.0. The van der Waals surface area contributed by atoms with E-state index >= 15 is 0 Å². The van der Waals surface area contributed by atoms with Crippen molar-refractivity contribution in [2.24, 2.45) is 7.05 Å². The van der Waals surface area contributed by atoms with Gasteiger partial charge in [-0.25, -0.2) is 0 Å². The Hall–Kier alpha value is -6.13. The van der Waals surface area contributed by atoms with E-state index in [4.69, 9.17) is 18.9 Å². The average Bonchev–Trinajstić information content (AvgIpc) is 3.46. The number of hydrogen-bond donors (Lipinski definition) is 2. The molecule has 0 aliphatic carbocycles. The normalized spacial score (nSPS) is 18.4. The minimum atomic E-state index is -1.07. The van der Waals surface area contributed by atoms with Crippen LogP contribution in [0.25, 0.3) is 21.9 Å². The molecule has 2 atom stereocenters. The molecule has 0 radical (unpaired) electrons. The van der Waals surface area contributed by atoms with Crippen LogP contribution < -0.4 is 30.4 Å². The molecule has 2 aromatic heterocycles. The molecule has 4 aromatic rings. The van der Waals surface area contributed by atoms with Crippen molar-refractivity contribution in [2.45, 2.75) is 50.7 Å². The summed E-state index contributed by atoms with van der Waals surface area (Å²) >= 11 is 0. The standard InChI is InChI=1S/C41H44N6O10/c1-45-22-29(26-11-13-42-20-28(26)39(45)51)24-18-33(54-2)30(34(19-24)55-3)23-46-14-5-6-25(21-46)43-36(49)12-15-56-16-17-57-32-8-4-7-27-37(32)41(53)47(40(27)52)31-9-10-35(48)44-38(31)50/h4,7-8,11,13,18-20,22,25,31H,5-6,9-10,12,14-17,21,23H2,1-3H3,(H,43,49)(H,44,48,50). The van der Waals surface area contributed by atoms with Gasteiger partial charge in [0.2, 0.25) is 17.7 Å². The smallest absolute Gasteiger partial charge is 0.266 e. The minimum absolute atomic E-state index is 0.0292. The van der Waals surface area contributed by atoms with E-state index in [9.17, 15) is 28.8 Å². The van der Waals surface area contributed by atoms with Crippen molar-refractivity contribution < 1.29 is 42.9 Å². The Kier molecular flexibility index (Phi) is 11.6. The molecule has 2 saturated heterocycles. The van der Waals surface area contributed by atoms with Crippen molar-refractivity contribution in [2.75, 3.05) is 47.1 Å². The van der Waals surface area contributed by atoms with Crippen molar-refractivity contribution in [3.05, 3.63) is 82.0 Å². The number of imide groups is 2. The third-order valence-corrected chi connectivity index (χ3v) is 10.5. The molecule has 7 rings (SSSR count).